The maximum atomic E-state index is 12.7. The largest absolute Gasteiger partial charge is 0.378 e. The van der Waals surface area contributed by atoms with E-state index in [0.29, 0.717) is 45.0 Å². The van der Waals surface area contributed by atoms with Crippen molar-refractivity contribution in [2.24, 2.45) is 0 Å². The van der Waals surface area contributed by atoms with Crippen LogP contribution in [0.15, 0.2) is 42.5 Å². The molecule has 0 aliphatic carbocycles. The van der Waals surface area contributed by atoms with Gasteiger partial charge in [-0.15, -0.1) is 15.3 Å². The summed E-state index contributed by atoms with van der Waals surface area (Å²) in [6, 6.07) is 14.0. The maximum Gasteiger partial charge on any atom is 0.320 e. The Morgan fingerprint density at radius 3 is 2.31 bits per heavy atom. The summed E-state index contributed by atoms with van der Waals surface area (Å²) in [5.41, 5.74) is 1.69. The van der Waals surface area contributed by atoms with Crippen molar-refractivity contribution in [3.05, 3.63) is 42.5 Å². The second-order valence-corrected chi connectivity index (χ2v) is 7.21. The molecule has 2 fully saturated rings. The zero-order valence-electron chi connectivity index (χ0n) is 16.1. The number of fused-ring (bicyclic) bond motifs is 1. The lowest BCUT2D eigenvalue weighted by Gasteiger charge is -2.38. The highest BCUT2D eigenvalue weighted by molar-refractivity contribution is 5.75. The SMILES string of the molecule is O=C(N1CCOCC1)N1CCN(c2ccc3nnc(-c4ccccc4)n3n2)CC1. The summed E-state index contributed by atoms with van der Waals surface area (Å²) >= 11 is 0. The number of urea groups is 1. The third kappa shape index (κ3) is 3.49. The normalized spacial score (nSPS) is 17.7. The van der Waals surface area contributed by atoms with E-state index in [2.05, 4.69) is 15.1 Å². The van der Waals surface area contributed by atoms with Crippen molar-refractivity contribution in [1.82, 2.24) is 29.6 Å². The summed E-state index contributed by atoms with van der Waals surface area (Å²) in [7, 11) is 0. The number of hydrogen-bond donors (Lipinski definition) is 0. The molecule has 0 unspecified atom stereocenters. The molecule has 2 aliphatic heterocycles. The molecule has 0 saturated carbocycles. The Balaban J connectivity index is 1.31. The zero-order valence-corrected chi connectivity index (χ0v) is 16.1. The summed E-state index contributed by atoms with van der Waals surface area (Å²) in [6.45, 7) is 5.46. The number of ether oxygens (including phenoxy) is 1. The van der Waals surface area contributed by atoms with Crippen LogP contribution >= 0.6 is 0 Å². The number of morpholine rings is 1. The number of hydrogen-bond acceptors (Lipinski definition) is 6. The van der Waals surface area contributed by atoms with Gasteiger partial charge in [0, 0.05) is 44.8 Å². The summed E-state index contributed by atoms with van der Waals surface area (Å²) in [5.74, 6) is 1.59. The van der Waals surface area contributed by atoms with Crippen LogP contribution in [0.4, 0.5) is 10.6 Å². The molecule has 0 bridgehead atoms. The first-order valence-electron chi connectivity index (χ1n) is 9.94. The molecule has 2 aromatic heterocycles. The number of piperazine rings is 1. The molecule has 29 heavy (non-hydrogen) atoms. The Morgan fingerprint density at radius 1 is 0.828 bits per heavy atom. The van der Waals surface area contributed by atoms with Crippen molar-refractivity contribution in [2.75, 3.05) is 57.4 Å². The van der Waals surface area contributed by atoms with Crippen molar-refractivity contribution in [3.63, 3.8) is 0 Å². The molecule has 5 rings (SSSR count). The Labute approximate surface area is 168 Å². The van der Waals surface area contributed by atoms with E-state index >= 15 is 0 Å². The molecule has 0 spiro atoms. The van der Waals surface area contributed by atoms with Gasteiger partial charge >= 0.3 is 6.03 Å². The van der Waals surface area contributed by atoms with Crippen LogP contribution in [0, 0.1) is 0 Å². The predicted octanol–water partition coefficient (Wildman–Crippen LogP) is 1.37. The van der Waals surface area contributed by atoms with Gasteiger partial charge in [0.15, 0.2) is 11.5 Å². The van der Waals surface area contributed by atoms with Gasteiger partial charge in [-0.25, -0.2) is 4.79 Å². The molecule has 1 aromatic carbocycles. The molecule has 2 saturated heterocycles. The van der Waals surface area contributed by atoms with Crippen LogP contribution in [0.25, 0.3) is 17.0 Å². The van der Waals surface area contributed by atoms with Gasteiger partial charge in [-0.3, -0.25) is 0 Å². The average Bonchev–Trinajstić information content (AvgIpc) is 3.23. The zero-order chi connectivity index (χ0) is 19.6. The fourth-order valence-corrected chi connectivity index (χ4v) is 3.80. The van der Waals surface area contributed by atoms with Crippen molar-refractivity contribution >= 4 is 17.5 Å². The van der Waals surface area contributed by atoms with E-state index < -0.39 is 0 Å². The van der Waals surface area contributed by atoms with Crippen LogP contribution in [-0.2, 0) is 4.74 Å². The molecule has 0 N–H and O–H groups in total. The monoisotopic (exact) mass is 393 g/mol. The van der Waals surface area contributed by atoms with Gasteiger partial charge in [0.1, 0.15) is 5.82 Å². The number of rotatable bonds is 2. The highest BCUT2D eigenvalue weighted by Crippen LogP contribution is 2.20. The van der Waals surface area contributed by atoms with Crippen LogP contribution in [0.3, 0.4) is 0 Å². The first-order chi connectivity index (χ1) is 14.3. The van der Waals surface area contributed by atoms with Gasteiger partial charge in [-0.05, 0) is 12.1 Å². The summed E-state index contributed by atoms with van der Waals surface area (Å²) in [6.07, 6.45) is 0. The molecule has 0 radical (unpaired) electrons. The van der Waals surface area contributed by atoms with E-state index in [0.717, 1.165) is 30.3 Å². The van der Waals surface area contributed by atoms with Gasteiger partial charge in [0.25, 0.3) is 0 Å². The molecule has 4 heterocycles. The van der Waals surface area contributed by atoms with E-state index in [4.69, 9.17) is 9.84 Å². The number of anilines is 1. The predicted molar refractivity (Wildman–Crippen MR) is 108 cm³/mol. The van der Waals surface area contributed by atoms with Gasteiger partial charge < -0.3 is 19.4 Å². The second kappa shape index (κ2) is 7.67. The van der Waals surface area contributed by atoms with Crippen LogP contribution < -0.4 is 4.90 Å². The minimum absolute atomic E-state index is 0.113. The van der Waals surface area contributed by atoms with E-state index in [1.807, 2.05) is 52.3 Å². The topological polar surface area (TPSA) is 79.1 Å². The third-order valence-electron chi connectivity index (χ3n) is 5.44. The van der Waals surface area contributed by atoms with Gasteiger partial charge in [-0.2, -0.15) is 4.52 Å². The first kappa shape index (κ1) is 17.9. The van der Waals surface area contributed by atoms with E-state index in [-0.39, 0.29) is 6.03 Å². The molecular formula is C20H23N7O2. The maximum absolute atomic E-state index is 12.7. The summed E-state index contributed by atoms with van der Waals surface area (Å²) < 4.78 is 7.13. The highest BCUT2D eigenvalue weighted by atomic mass is 16.5. The van der Waals surface area contributed by atoms with Gasteiger partial charge in [0.05, 0.1) is 13.2 Å². The number of benzene rings is 1. The van der Waals surface area contributed by atoms with Crippen LogP contribution in [0.2, 0.25) is 0 Å². The highest BCUT2D eigenvalue weighted by Gasteiger charge is 2.27. The van der Waals surface area contributed by atoms with Crippen LogP contribution in [-0.4, -0.2) is 88.1 Å². The molecule has 2 aliphatic rings. The minimum Gasteiger partial charge on any atom is -0.378 e. The lowest BCUT2D eigenvalue weighted by molar-refractivity contribution is 0.0428. The lowest BCUT2D eigenvalue weighted by Crippen LogP contribution is -2.55. The van der Waals surface area contributed by atoms with Crippen LogP contribution in [0.5, 0.6) is 0 Å². The molecule has 9 heteroatoms. The van der Waals surface area contributed by atoms with Gasteiger partial charge in [0.2, 0.25) is 0 Å². The lowest BCUT2D eigenvalue weighted by atomic mass is 10.2. The first-order valence-corrected chi connectivity index (χ1v) is 9.94. The Kier molecular flexibility index (Phi) is 4.73. The Bertz CT molecular complexity index is 992. The summed E-state index contributed by atoms with van der Waals surface area (Å²) in [4.78, 5) is 18.7. The minimum atomic E-state index is 0.113. The van der Waals surface area contributed by atoms with Gasteiger partial charge in [-0.1, -0.05) is 30.3 Å². The summed E-state index contributed by atoms with van der Waals surface area (Å²) in [5, 5.41) is 13.3. The average molecular weight is 393 g/mol. The molecule has 150 valence electrons. The van der Waals surface area contributed by atoms with E-state index in [9.17, 15) is 4.79 Å². The molecular weight excluding hydrogens is 370 g/mol. The van der Waals surface area contributed by atoms with Crippen molar-refractivity contribution in [1.29, 1.82) is 0 Å². The van der Waals surface area contributed by atoms with Crippen LogP contribution in [0.1, 0.15) is 0 Å². The number of nitrogens with zero attached hydrogens (tertiary/aromatic N) is 7. The quantitative estimate of drug-likeness (QED) is 0.654. The van der Waals surface area contributed by atoms with Crippen molar-refractivity contribution in [2.45, 2.75) is 0 Å². The van der Waals surface area contributed by atoms with E-state index in [1.165, 1.54) is 0 Å². The molecule has 3 aromatic rings. The Hall–Kier alpha value is -3.20. The van der Waals surface area contributed by atoms with E-state index in [1.54, 1.807) is 4.52 Å². The molecule has 9 nitrogen and oxygen atoms in total. The Morgan fingerprint density at radius 2 is 1.55 bits per heavy atom. The number of carbonyl (C=O) groups is 1. The number of amides is 2. The molecule has 0 atom stereocenters. The molecule has 2 amide bonds. The number of carbonyl (C=O) groups excluding carboxylic acids is 1. The fourth-order valence-electron chi connectivity index (χ4n) is 3.80. The standard InChI is InChI=1S/C20H23N7O2/c28-20(26-12-14-29-15-13-26)25-10-8-24(9-11-25)18-7-6-17-21-22-19(27(17)23-18)16-4-2-1-3-5-16/h1-7H,8-15H2. The van der Waals surface area contributed by atoms with Crippen molar-refractivity contribution in [3.8, 4) is 11.4 Å². The van der Waals surface area contributed by atoms with Crippen molar-refractivity contribution < 1.29 is 9.53 Å². The smallest absolute Gasteiger partial charge is 0.320 e. The fraction of sp³-hybridized carbons (Fsp3) is 0.400. The second-order valence-electron chi connectivity index (χ2n) is 7.21. The third-order valence-corrected chi connectivity index (χ3v) is 5.44. The number of aromatic nitrogens is 4.